The number of nitriles is 1. The Morgan fingerprint density at radius 3 is 2.49 bits per heavy atom. The van der Waals surface area contributed by atoms with Gasteiger partial charge in [-0.05, 0) is 82.3 Å². The zero-order chi connectivity index (χ0) is 31.0. The lowest BCUT2D eigenvalue weighted by molar-refractivity contribution is -0.133. The molecule has 1 saturated heterocycles. The maximum absolute atomic E-state index is 13.2. The fourth-order valence-electron chi connectivity index (χ4n) is 7.21. The van der Waals surface area contributed by atoms with Gasteiger partial charge in [-0.2, -0.15) is 15.5 Å². The van der Waals surface area contributed by atoms with Crippen LogP contribution in [0.4, 0.5) is 5.82 Å². The predicted molar refractivity (Wildman–Crippen MR) is 170 cm³/mol. The maximum Gasteiger partial charge on any atom is 0.226 e. The molecule has 0 unspecified atom stereocenters. The molecule has 0 atom stereocenters. The van der Waals surface area contributed by atoms with E-state index in [-0.39, 0.29) is 17.9 Å². The Morgan fingerprint density at radius 2 is 1.84 bits per heavy atom. The van der Waals surface area contributed by atoms with Crippen LogP contribution in [0.15, 0.2) is 43.1 Å². The standard InChI is InChI=1S/C34H41N9O2/c1-2-34(33(45)39-27-4-3-5-27)12-14-41(15-13-34)30-11-8-24(17-36-30)31-32-25(16-35)18-38-43(32)21-29(40-31)26-19-37-42(20-26)28-9-6-23(22-44)7-10-28/h8,11,17-21,23,27-28,44H,2-7,9-10,12-15,22H2,1H3,(H,39,45). The van der Waals surface area contributed by atoms with Crippen molar-refractivity contribution in [3.63, 3.8) is 0 Å². The molecule has 0 radical (unpaired) electrons. The Balaban J connectivity index is 1.12. The first-order valence-corrected chi connectivity index (χ1v) is 16.5. The van der Waals surface area contributed by atoms with E-state index in [1.54, 1.807) is 10.7 Å². The van der Waals surface area contributed by atoms with Crippen molar-refractivity contribution in [2.75, 3.05) is 24.6 Å². The van der Waals surface area contributed by atoms with E-state index in [1.165, 1.54) is 6.42 Å². The van der Waals surface area contributed by atoms with Crippen LogP contribution in [0.1, 0.15) is 82.7 Å². The van der Waals surface area contributed by atoms with E-state index in [2.05, 4.69) is 33.4 Å². The fraction of sp³-hybridized carbons (Fsp3) is 0.529. The zero-order valence-corrected chi connectivity index (χ0v) is 25.9. The van der Waals surface area contributed by atoms with Gasteiger partial charge in [0.25, 0.3) is 0 Å². The quantitative estimate of drug-likeness (QED) is 0.288. The first-order chi connectivity index (χ1) is 22.0. The van der Waals surface area contributed by atoms with Crippen LogP contribution in [-0.2, 0) is 4.79 Å². The highest BCUT2D eigenvalue weighted by Crippen LogP contribution is 2.38. The number of carbonyl (C=O) groups excluding carboxylic acids is 1. The molecule has 3 aliphatic rings. The first-order valence-electron chi connectivity index (χ1n) is 16.5. The molecule has 0 spiro atoms. The van der Waals surface area contributed by atoms with Crippen molar-refractivity contribution in [1.82, 2.24) is 34.7 Å². The van der Waals surface area contributed by atoms with Crippen LogP contribution in [0, 0.1) is 22.7 Å². The molecule has 11 nitrogen and oxygen atoms in total. The molecule has 2 N–H and O–H groups in total. The summed E-state index contributed by atoms with van der Waals surface area (Å²) in [5.41, 5.74) is 3.85. The van der Waals surface area contributed by atoms with Gasteiger partial charge in [0.05, 0.1) is 41.4 Å². The second-order valence-corrected chi connectivity index (χ2v) is 13.1. The maximum atomic E-state index is 13.2. The molecule has 4 aromatic rings. The largest absolute Gasteiger partial charge is 0.396 e. The molecule has 45 heavy (non-hydrogen) atoms. The Labute approximate surface area is 263 Å². The highest BCUT2D eigenvalue weighted by atomic mass is 16.3. The van der Waals surface area contributed by atoms with E-state index in [9.17, 15) is 15.2 Å². The van der Waals surface area contributed by atoms with Gasteiger partial charge in [-0.3, -0.25) is 9.48 Å². The topological polar surface area (TPSA) is 137 Å². The molecule has 7 rings (SSSR count). The summed E-state index contributed by atoms with van der Waals surface area (Å²) in [5, 5.41) is 31.8. The minimum Gasteiger partial charge on any atom is -0.396 e. The van der Waals surface area contributed by atoms with Gasteiger partial charge >= 0.3 is 0 Å². The Hall–Kier alpha value is -4.30. The predicted octanol–water partition coefficient (Wildman–Crippen LogP) is 4.92. The summed E-state index contributed by atoms with van der Waals surface area (Å²) in [6.07, 6.45) is 19.0. The van der Waals surface area contributed by atoms with Crippen molar-refractivity contribution in [3.8, 4) is 28.6 Å². The number of pyridine rings is 1. The number of hydrogen-bond donors (Lipinski definition) is 2. The highest BCUT2D eigenvalue weighted by Gasteiger charge is 2.41. The number of anilines is 1. The summed E-state index contributed by atoms with van der Waals surface area (Å²) in [5.74, 6) is 1.49. The van der Waals surface area contributed by atoms with E-state index in [4.69, 9.17) is 9.97 Å². The van der Waals surface area contributed by atoms with Crippen molar-refractivity contribution in [3.05, 3.63) is 48.7 Å². The number of fused-ring (bicyclic) bond motifs is 1. The lowest BCUT2D eigenvalue weighted by Crippen LogP contribution is -2.52. The van der Waals surface area contributed by atoms with Gasteiger partial charge in [0.2, 0.25) is 5.91 Å². The van der Waals surface area contributed by atoms with Crippen LogP contribution >= 0.6 is 0 Å². The third kappa shape index (κ3) is 5.56. The molecule has 4 aromatic heterocycles. The monoisotopic (exact) mass is 607 g/mol. The van der Waals surface area contributed by atoms with Crippen molar-refractivity contribution in [2.45, 2.75) is 83.2 Å². The van der Waals surface area contributed by atoms with Crippen molar-refractivity contribution in [2.24, 2.45) is 11.3 Å². The van der Waals surface area contributed by atoms with Gasteiger partial charge in [-0.15, -0.1) is 0 Å². The fourth-order valence-corrected chi connectivity index (χ4v) is 7.21. The van der Waals surface area contributed by atoms with Crippen LogP contribution < -0.4 is 10.2 Å². The number of piperidine rings is 1. The average Bonchev–Trinajstić information content (AvgIpc) is 3.74. The summed E-state index contributed by atoms with van der Waals surface area (Å²) in [4.78, 5) is 25.3. The lowest BCUT2D eigenvalue weighted by Gasteiger charge is -2.42. The van der Waals surface area contributed by atoms with Crippen molar-refractivity contribution < 1.29 is 9.90 Å². The lowest BCUT2D eigenvalue weighted by atomic mass is 9.74. The molecule has 234 valence electrons. The number of carbonyl (C=O) groups is 1. The first kappa shape index (κ1) is 29.4. The number of aliphatic hydroxyl groups excluding tert-OH is 1. The van der Waals surface area contributed by atoms with Crippen LogP contribution in [0.2, 0.25) is 0 Å². The minimum atomic E-state index is -0.301. The number of hydrogen-bond acceptors (Lipinski definition) is 8. The molecule has 5 heterocycles. The summed E-state index contributed by atoms with van der Waals surface area (Å²) in [6, 6.07) is 6.95. The van der Waals surface area contributed by atoms with Crippen molar-refractivity contribution >= 4 is 17.2 Å². The molecule has 2 aliphatic carbocycles. The molecule has 1 amide bonds. The SMILES string of the molecule is CCC1(C(=O)NC2CCC2)CCN(c2ccc(-c3nc(-c4cnn(C5CCC(CO)CC5)c4)cn4ncc(C#N)c34)cn2)CC1. The molecule has 0 aromatic carbocycles. The Kier molecular flexibility index (Phi) is 8.00. The molecule has 3 fully saturated rings. The van der Waals surface area contributed by atoms with Gasteiger partial charge in [0.1, 0.15) is 23.0 Å². The normalized spacial score (nSPS) is 21.8. The van der Waals surface area contributed by atoms with Gasteiger partial charge in [0, 0.05) is 49.3 Å². The van der Waals surface area contributed by atoms with E-state index >= 15 is 0 Å². The second-order valence-electron chi connectivity index (χ2n) is 13.1. The molecule has 2 saturated carbocycles. The van der Waals surface area contributed by atoms with Crippen LogP contribution in [-0.4, -0.2) is 66.1 Å². The molecule has 0 bridgehead atoms. The molecule has 11 heteroatoms. The molecular formula is C34H41N9O2. The second kappa shape index (κ2) is 12.2. The number of rotatable bonds is 8. The summed E-state index contributed by atoms with van der Waals surface area (Å²) >= 11 is 0. The minimum absolute atomic E-state index is 0.223. The summed E-state index contributed by atoms with van der Waals surface area (Å²) in [7, 11) is 0. The van der Waals surface area contributed by atoms with Gasteiger partial charge in [0.15, 0.2) is 0 Å². The van der Waals surface area contributed by atoms with Crippen molar-refractivity contribution in [1.29, 1.82) is 5.26 Å². The summed E-state index contributed by atoms with van der Waals surface area (Å²) < 4.78 is 3.75. The summed E-state index contributed by atoms with van der Waals surface area (Å²) in [6.45, 7) is 3.95. The number of aliphatic hydroxyl groups is 1. The zero-order valence-electron chi connectivity index (χ0n) is 25.9. The van der Waals surface area contributed by atoms with Crippen LogP contribution in [0.5, 0.6) is 0 Å². The Morgan fingerprint density at radius 1 is 1.04 bits per heavy atom. The number of nitrogens with zero attached hydrogens (tertiary/aromatic N) is 8. The van der Waals surface area contributed by atoms with E-state index in [1.807, 2.05) is 41.6 Å². The van der Waals surface area contributed by atoms with Crippen LogP contribution in [0.25, 0.3) is 28.0 Å². The van der Waals surface area contributed by atoms with Gasteiger partial charge < -0.3 is 15.3 Å². The number of nitrogens with one attached hydrogen (secondary N) is 1. The van der Waals surface area contributed by atoms with Gasteiger partial charge in [-0.25, -0.2) is 14.5 Å². The van der Waals surface area contributed by atoms with Gasteiger partial charge in [-0.1, -0.05) is 6.92 Å². The van der Waals surface area contributed by atoms with E-state index in [0.717, 1.165) is 93.5 Å². The third-order valence-corrected chi connectivity index (χ3v) is 10.6. The van der Waals surface area contributed by atoms with E-state index in [0.29, 0.717) is 34.8 Å². The smallest absolute Gasteiger partial charge is 0.226 e. The number of amides is 1. The third-order valence-electron chi connectivity index (χ3n) is 10.6. The average molecular weight is 608 g/mol. The van der Waals surface area contributed by atoms with E-state index < -0.39 is 0 Å². The van der Waals surface area contributed by atoms with Crippen LogP contribution in [0.3, 0.4) is 0 Å². The number of aromatic nitrogens is 6. The Bertz CT molecular complexity index is 1700. The molecular weight excluding hydrogens is 566 g/mol. The highest BCUT2D eigenvalue weighted by molar-refractivity contribution is 5.84. The molecule has 1 aliphatic heterocycles.